The minimum Gasteiger partial charge on any atom is -0.363 e. The van der Waals surface area contributed by atoms with E-state index in [2.05, 4.69) is 20.0 Å². The molecule has 8 heteroatoms. The van der Waals surface area contributed by atoms with E-state index in [1.165, 1.54) is 4.88 Å². The summed E-state index contributed by atoms with van der Waals surface area (Å²) in [6.07, 6.45) is 3.91. The lowest BCUT2D eigenvalue weighted by atomic mass is 10.2. The first-order valence-electron chi connectivity index (χ1n) is 6.42. The van der Waals surface area contributed by atoms with Gasteiger partial charge in [0.1, 0.15) is 0 Å². The van der Waals surface area contributed by atoms with Crippen molar-refractivity contribution in [1.29, 1.82) is 0 Å². The van der Waals surface area contributed by atoms with Crippen LogP contribution in [0.1, 0.15) is 45.3 Å². The van der Waals surface area contributed by atoms with Crippen molar-refractivity contribution in [2.24, 2.45) is 5.73 Å². The van der Waals surface area contributed by atoms with E-state index in [0.29, 0.717) is 5.89 Å². The van der Waals surface area contributed by atoms with Gasteiger partial charge in [0.05, 0.1) is 11.0 Å². The number of amides is 1. The molecule has 0 bridgehead atoms. The van der Waals surface area contributed by atoms with Crippen LogP contribution >= 0.6 is 11.3 Å². The molecule has 0 spiro atoms. The Labute approximate surface area is 119 Å². The van der Waals surface area contributed by atoms with Gasteiger partial charge < -0.3 is 10.3 Å². The lowest BCUT2D eigenvalue weighted by Gasteiger charge is -2.20. The molecule has 1 aliphatic rings. The second-order valence-electron chi connectivity index (χ2n) is 4.79. The first kappa shape index (κ1) is 13.2. The zero-order chi connectivity index (χ0) is 14.1. The number of thiazole rings is 1. The van der Waals surface area contributed by atoms with Gasteiger partial charge in [0, 0.05) is 17.6 Å². The van der Waals surface area contributed by atoms with Crippen LogP contribution in [0.25, 0.3) is 0 Å². The summed E-state index contributed by atoms with van der Waals surface area (Å²) in [6, 6.07) is 0.0537. The summed E-state index contributed by atoms with van der Waals surface area (Å²) < 4.78 is 5.17. The molecule has 3 rings (SSSR count). The number of aryl methyl sites for hydroxylation is 1. The van der Waals surface area contributed by atoms with Gasteiger partial charge in [-0.15, -0.1) is 11.3 Å². The normalized spacial score (nSPS) is 19.6. The lowest BCUT2D eigenvalue weighted by molar-refractivity contribution is 0.0987. The van der Waals surface area contributed by atoms with E-state index in [0.717, 1.165) is 30.9 Å². The molecular weight excluding hydrogens is 278 g/mol. The highest BCUT2D eigenvalue weighted by Crippen LogP contribution is 2.32. The minimum absolute atomic E-state index is 0.0537. The highest BCUT2D eigenvalue weighted by Gasteiger charge is 2.31. The van der Waals surface area contributed by atoms with E-state index in [1.54, 1.807) is 11.3 Å². The molecule has 2 aromatic heterocycles. The van der Waals surface area contributed by atoms with Crippen LogP contribution in [0.4, 0.5) is 0 Å². The number of rotatable bonds is 4. The monoisotopic (exact) mass is 293 g/mol. The summed E-state index contributed by atoms with van der Waals surface area (Å²) >= 11 is 1.69. The van der Waals surface area contributed by atoms with E-state index >= 15 is 0 Å². The zero-order valence-electron chi connectivity index (χ0n) is 11.1. The van der Waals surface area contributed by atoms with Crippen LogP contribution in [0.15, 0.2) is 10.7 Å². The van der Waals surface area contributed by atoms with Crippen molar-refractivity contribution in [1.82, 2.24) is 20.0 Å². The molecule has 2 aromatic rings. The summed E-state index contributed by atoms with van der Waals surface area (Å²) in [7, 11) is 0. The fourth-order valence-electron chi connectivity index (χ4n) is 2.44. The Morgan fingerprint density at radius 3 is 3.15 bits per heavy atom. The smallest absolute Gasteiger partial charge is 0.290 e. The number of likely N-dealkylation sites (tertiary alicyclic amines) is 1. The molecule has 1 aliphatic heterocycles. The number of hydrogen-bond donors (Lipinski definition) is 1. The van der Waals surface area contributed by atoms with E-state index in [1.807, 2.05) is 13.1 Å². The molecule has 0 aromatic carbocycles. The Morgan fingerprint density at radius 2 is 2.50 bits per heavy atom. The third-order valence-corrected chi connectivity index (χ3v) is 4.24. The third-order valence-electron chi connectivity index (χ3n) is 3.34. The number of hydrogen-bond acceptors (Lipinski definition) is 7. The maximum Gasteiger partial charge on any atom is 0.290 e. The topological polar surface area (TPSA) is 98.1 Å². The van der Waals surface area contributed by atoms with Gasteiger partial charge in [0.15, 0.2) is 0 Å². The van der Waals surface area contributed by atoms with Crippen molar-refractivity contribution in [3.05, 3.63) is 27.8 Å². The number of nitrogens with zero attached hydrogens (tertiary/aromatic N) is 4. The van der Waals surface area contributed by atoms with Gasteiger partial charge in [-0.05, 0) is 26.3 Å². The molecule has 0 radical (unpaired) electrons. The highest BCUT2D eigenvalue weighted by molar-refractivity contribution is 7.11. The maximum absolute atomic E-state index is 11.0. The fraction of sp³-hybridized carbons (Fsp3) is 0.500. The van der Waals surface area contributed by atoms with Crippen molar-refractivity contribution in [3.63, 3.8) is 0 Å². The van der Waals surface area contributed by atoms with E-state index in [9.17, 15) is 4.79 Å². The van der Waals surface area contributed by atoms with E-state index in [-0.39, 0.29) is 11.9 Å². The zero-order valence-corrected chi connectivity index (χ0v) is 11.9. The number of nitrogens with two attached hydrogens (primary N) is 1. The number of carbonyl (C=O) groups excluding carboxylic acids is 1. The molecule has 0 unspecified atom stereocenters. The highest BCUT2D eigenvalue weighted by atomic mass is 32.1. The molecule has 1 atom stereocenters. The Balaban J connectivity index is 1.76. The van der Waals surface area contributed by atoms with Gasteiger partial charge >= 0.3 is 0 Å². The van der Waals surface area contributed by atoms with Gasteiger partial charge in [-0.1, -0.05) is 5.16 Å². The van der Waals surface area contributed by atoms with Crippen molar-refractivity contribution in [3.8, 4) is 0 Å². The van der Waals surface area contributed by atoms with Crippen LogP contribution in [-0.4, -0.2) is 32.5 Å². The molecule has 2 N–H and O–H groups in total. The summed E-state index contributed by atoms with van der Waals surface area (Å²) in [5.41, 5.74) is 5.14. The Kier molecular flexibility index (Phi) is 3.49. The van der Waals surface area contributed by atoms with Gasteiger partial charge in [-0.3, -0.25) is 9.69 Å². The summed E-state index contributed by atoms with van der Waals surface area (Å²) in [4.78, 5) is 22.8. The second kappa shape index (κ2) is 5.29. The van der Waals surface area contributed by atoms with Crippen molar-refractivity contribution < 1.29 is 9.32 Å². The molecule has 106 valence electrons. The summed E-state index contributed by atoms with van der Waals surface area (Å²) in [6.45, 7) is 3.77. The SMILES string of the molecule is Cc1ncc(CN2CCC[C@@H]2c2nc(C(N)=O)no2)s1. The van der Waals surface area contributed by atoms with Gasteiger partial charge in [-0.2, -0.15) is 4.98 Å². The van der Waals surface area contributed by atoms with E-state index in [4.69, 9.17) is 10.3 Å². The Morgan fingerprint density at radius 1 is 1.65 bits per heavy atom. The molecule has 1 amide bonds. The van der Waals surface area contributed by atoms with Crippen LogP contribution in [-0.2, 0) is 6.54 Å². The maximum atomic E-state index is 11.0. The molecule has 20 heavy (non-hydrogen) atoms. The standard InChI is InChI=1S/C12H15N5O2S/c1-7-14-5-8(20-7)6-17-4-2-3-9(17)12-15-11(10(13)18)16-19-12/h5,9H,2-4,6H2,1H3,(H2,13,18)/t9-/m1/s1. The van der Waals surface area contributed by atoms with E-state index < -0.39 is 5.91 Å². The Hall–Kier alpha value is -1.80. The molecule has 0 aliphatic carbocycles. The van der Waals surface area contributed by atoms with Crippen LogP contribution in [0, 0.1) is 6.92 Å². The number of carbonyl (C=O) groups is 1. The molecule has 1 fully saturated rings. The number of aromatic nitrogens is 3. The van der Waals surface area contributed by atoms with Crippen LogP contribution in [0.3, 0.4) is 0 Å². The molecular formula is C12H15N5O2S. The average molecular weight is 293 g/mol. The van der Waals surface area contributed by atoms with Crippen molar-refractivity contribution in [2.45, 2.75) is 32.4 Å². The minimum atomic E-state index is -0.664. The third kappa shape index (κ3) is 2.56. The van der Waals surface area contributed by atoms with Crippen molar-refractivity contribution >= 4 is 17.2 Å². The average Bonchev–Trinajstić information content (AvgIpc) is 3.10. The van der Waals surface area contributed by atoms with Crippen LogP contribution in [0.5, 0.6) is 0 Å². The van der Waals surface area contributed by atoms with Gasteiger partial charge in [-0.25, -0.2) is 4.98 Å². The second-order valence-corrected chi connectivity index (χ2v) is 6.11. The molecule has 1 saturated heterocycles. The Bertz CT molecular complexity index is 623. The molecule has 0 saturated carbocycles. The van der Waals surface area contributed by atoms with Crippen molar-refractivity contribution in [2.75, 3.05) is 6.54 Å². The van der Waals surface area contributed by atoms with Crippen LogP contribution < -0.4 is 5.73 Å². The fourth-order valence-corrected chi connectivity index (χ4v) is 3.26. The predicted molar refractivity (Wildman–Crippen MR) is 72.1 cm³/mol. The van der Waals surface area contributed by atoms with Gasteiger partial charge in [0.25, 0.3) is 11.7 Å². The number of primary amides is 1. The molecule has 3 heterocycles. The molecule has 7 nitrogen and oxygen atoms in total. The first-order chi connectivity index (χ1) is 9.63. The first-order valence-corrected chi connectivity index (χ1v) is 7.24. The van der Waals surface area contributed by atoms with Crippen LogP contribution in [0.2, 0.25) is 0 Å². The van der Waals surface area contributed by atoms with Gasteiger partial charge in [0.2, 0.25) is 5.89 Å². The summed E-state index contributed by atoms with van der Waals surface area (Å²) in [5, 5.41) is 4.67. The lowest BCUT2D eigenvalue weighted by Crippen LogP contribution is -2.22. The summed E-state index contributed by atoms with van der Waals surface area (Å²) in [5.74, 6) is -0.249. The quantitative estimate of drug-likeness (QED) is 0.911. The predicted octanol–water partition coefficient (Wildman–Crippen LogP) is 1.27. The largest absolute Gasteiger partial charge is 0.363 e.